The highest BCUT2D eigenvalue weighted by Crippen LogP contribution is 2.29. The molecule has 1 amide bonds. The van der Waals surface area contributed by atoms with E-state index in [0.29, 0.717) is 31.0 Å². The van der Waals surface area contributed by atoms with Gasteiger partial charge < -0.3 is 9.64 Å². The molecule has 1 aliphatic rings. The molecular formula is C17H15BrN4O2. The normalized spacial score (nSPS) is 13.3. The predicted molar refractivity (Wildman–Crippen MR) is 91.9 cm³/mol. The molecule has 6 nitrogen and oxygen atoms in total. The van der Waals surface area contributed by atoms with E-state index in [-0.39, 0.29) is 5.91 Å². The molecule has 0 N–H and O–H groups in total. The summed E-state index contributed by atoms with van der Waals surface area (Å²) in [5.74, 6) is 0.568. The van der Waals surface area contributed by atoms with Gasteiger partial charge in [0.15, 0.2) is 5.65 Å². The van der Waals surface area contributed by atoms with Gasteiger partial charge in [0.1, 0.15) is 5.75 Å². The number of hydrogen-bond donors (Lipinski definition) is 0. The van der Waals surface area contributed by atoms with Crippen LogP contribution in [0.4, 0.5) is 0 Å². The number of para-hydroxylation sites is 1. The summed E-state index contributed by atoms with van der Waals surface area (Å²) in [7, 11) is 0. The molecule has 3 heterocycles. The molecule has 0 saturated heterocycles. The number of carbonyl (C=O) groups excluding carboxylic acids is 1. The van der Waals surface area contributed by atoms with Crippen molar-refractivity contribution in [2.24, 2.45) is 0 Å². The third-order valence-corrected chi connectivity index (χ3v) is 4.42. The van der Waals surface area contributed by atoms with Crippen LogP contribution >= 0.6 is 15.9 Å². The first-order valence-electron chi connectivity index (χ1n) is 7.70. The number of ether oxygens (including phenoxy) is 1. The van der Waals surface area contributed by atoms with E-state index in [1.165, 1.54) is 0 Å². The average molecular weight is 387 g/mol. The molecule has 1 aliphatic heterocycles. The molecule has 0 aliphatic carbocycles. The van der Waals surface area contributed by atoms with E-state index in [2.05, 4.69) is 26.0 Å². The molecule has 4 rings (SSSR count). The van der Waals surface area contributed by atoms with Gasteiger partial charge >= 0.3 is 0 Å². The highest BCUT2D eigenvalue weighted by molar-refractivity contribution is 9.10. The molecule has 0 saturated carbocycles. The zero-order valence-electron chi connectivity index (χ0n) is 13.1. The minimum absolute atomic E-state index is 0.0488. The highest BCUT2D eigenvalue weighted by Gasteiger charge is 2.30. The predicted octanol–water partition coefficient (Wildman–Crippen LogP) is 3.05. The molecular weight excluding hydrogens is 372 g/mol. The Bertz CT molecular complexity index is 937. The summed E-state index contributed by atoms with van der Waals surface area (Å²) in [6, 6.07) is 7.34. The van der Waals surface area contributed by atoms with Crippen LogP contribution in [0, 0.1) is 0 Å². The van der Waals surface area contributed by atoms with E-state index in [1.807, 2.05) is 31.3 Å². The zero-order chi connectivity index (χ0) is 16.7. The molecule has 0 fully saturated rings. The number of amides is 1. The molecule has 0 atom stereocenters. The Morgan fingerprint density at radius 3 is 3.00 bits per heavy atom. The van der Waals surface area contributed by atoms with Crippen LogP contribution in [0.3, 0.4) is 0 Å². The highest BCUT2D eigenvalue weighted by atomic mass is 79.9. The van der Waals surface area contributed by atoms with Crippen LogP contribution in [0.25, 0.3) is 5.65 Å². The Kier molecular flexibility index (Phi) is 3.72. The quantitative estimate of drug-likeness (QED) is 0.693. The van der Waals surface area contributed by atoms with Crippen LogP contribution < -0.4 is 4.74 Å². The summed E-state index contributed by atoms with van der Waals surface area (Å²) in [6.45, 7) is 3.42. The molecule has 0 unspecified atom stereocenters. The SMILES string of the molecule is CCOc1ccccc1C(=O)N1Cc2nn3cc(Br)cnc3c2C1. The van der Waals surface area contributed by atoms with Crippen molar-refractivity contribution in [2.45, 2.75) is 20.0 Å². The van der Waals surface area contributed by atoms with Crippen molar-refractivity contribution in [1.29, 1.82) is 0 Å². The average Bonchev–Trinajstić information content (AvgIpc) is 3.12. The maximum atomic E-state index is 12.9. The summed E-state index contributed by atoms with van der Waals surface area (Å²) in [5, 5.41) is 4.54. The Balaban J connectivity index is 1.64. The number of nitrogens with zero attached hydrogens (tertiary/aromatic N) is 4. The van der Waals surface area contributed by atoms with Crippen molar-refractivity contribution in [3.63, 3.8) is 0 Å². The van der Waals surface area contributed by atoms with Crippen LogP contribution in [0.15, 0.2) is 41.1 Å². The number of hydrogen-bond acceptors (Lipinski definition) is 4. The summed E-state index contributed by atoms with van der Waals surface area (Å²) < 4.78 is 8.20. The Morgan fingerprint density at radius 1 is 1.33 bits per heavy atom. The Hall–Kier alpha value is -2.41. The number of halogens is 1. The molecule has 1 aromatic carbocycles. The van der Waals surface area contributed by atoms with Crippen molar-refractivity contribution < 1.29 is 9.53 Å². The molecule has 0 bridgehead atoms. The minimum atomic E-state index is -0.0488. The Labute approximate surface area is 147 Å². The van der Waals surface area contributed by atoms with Gasteiger partial charge in [-0.3, -0.25) is 4.79 Å². The standard InChI is InChI=1S/C17H15BrN4O2/c1-2-24-15-6-4-3-5-12(15)17(23)21-9-13-14(10-21)20-22-8-11(18)7-19-16(13)22/h3-8H,2,9-10H2,1H3. The fraction of sp³-hybridized carbons (Fsp3) is 0.235. The van der Waals surface area contributed by atoms with E-state index >= 15 is 0 Å². The molecule has 7 heteroatoms. The van der Waals surface area contributed by atoms with Gasteiger partial charge in [-0.25, -0.2) is 9.50 Å². The van der Waals surface area contributed by atoms with Crippen LogP contribution in [-0.4, -0.2) is 32.0 Å². The maximum absolute atomic E-state index is 12.9. The smallest absolute Gasteiger partial charge is 0.258 e. The van der Waals surface area contributed by atoms with Gasteiger partial charge in [-0.1, -0.05) is 12.1 Å². The topological polar surface area (TPSA) is 59.7 Å². The van der Waals surface area contributed by atoms with E-state index in [1.54, 1.807) is 21.7 Å². The number of fused-ring (bicyclic) bond motifs is 3. The second-order valence-corrected chi connectivity index (χ2v) is 6.47. The van der Waals surface area contributed by atoms with Crippen LogP contribution in [-0.2, 0) is 13.1 Å². The van der Waals surface area contributed by atoms with E-state index in [0.717, 1.165) is 21.4 Å². The van der Waals surface area contributed by atoms with E-state index < -0.39 is 0 Å². The Morgan fingerprint density at radius 2 is 2.17 bits per heavy atom. The largest absolute Gasteiger partial charge is 0.493 e. The van der Waals surface area contributed by atoms with E-state index in [9.17, 15) is 4.79 Å². The first-order valence-corrected chi connectivity index (χ1v) is 8.49. The van der Waals surface area contributed by atoms with E-state index in [4.69, 9.17) is 4.74 Å². The lowest BCUT2D eigenvalue weighted by Gasteiger charge is -2.17. The van der Waals surface area contributed by atoms with Crippen molar-refractivity contribution in [3.8, 4) is 5.75 Å². The lowest BCUT2D eigenvalue weighted by Crippen LogP contribution is -2.26. The zero-order valence-corrected chi connectivity index (χ0v) is 14.7. The second-order valence-electron chi connectivity index (χ2n) is 5.56. The third-order valence-electron chi connectivity index (χ3n) is 4.01. The van der Waals surface area contributed by atoms with Gasteiger partial charge in [0, 0.05) is 18.0 Å². The third kappa shape index (κ3) is 2.45. The van der Waals surface area contributed by atoms with Crippen LogP contribution in [0.5, 0.6) is 5.75 Å². The fourth-order valence-electron chi connectivity index (χ4n) is 2.96. The molecule has 0 radical (unpaired) electrons. The summed E-state index contributed by atoms with van der Waals surface area (Å²) >= 11 is 3.39. The molecule has 2 aromatic heterocycles. The second kappa shape index (κ2) is 5.90. The van der Waals surface area contributed by atoms with Crippen LogP contribution in [0.1, 0.15) is 28.5 Å². The summed E-state index contributed by atoms with van der Waals surface area (Å²) in [5.41, 5.74) is 3.27. The number of benzene rings is 1. The molecule has 122 valence electrons. The maximum Gasteiger partial charge on any atom is 0.258 e. The van der Waals surface area contributed by atoms with Gasteiger partial charge in [0.2, 0.25) is 0 Å². The lowest BCUT2D eigenvalue weighted by atomic mass is 10.1. The monoisotopic (exact) mass is 386 g/mol. The lowest BCUT2D eigenvalue weighted by molar-refractivity contribution is 0.0745. The van der Waals surface area contributed by atoms with Gasteiger partial charge in [0.05, 0.1) is 35.4 Å². The first-order chi connectivity index (χ1) is 11.7. The minimum Gasteiger partial charge on any atom is -0.493 e. The number of rotatable bonds is 3. The van der Waals surface area contributed by atoms with Gasteiger partial charge in [0.25, 0.3) is 5.91 Å². The molecule has 3 aromatic rings. The molecule has 24 heavy (non-hydrogen) atoms. The van der Waals surface area contributed by atoms with Gasteiger partial charge in [-0.2, -0.15) is 5.10 Å². The van der Waals surface area contributed by atoms with Gasteiger partial charge in [-0.05, 0) is 35.0 Å². The van der Waals surface area contributed by atoms with Crippen molar-refractivity contribution in [2.75, 3.05) is 6.61 Å². The van der Waals surface area contributed by atoms with Gasteiger partial charge in [-0.15, -0.1) is 0 Å². The number of aromatic nitrogens is 3. The van der Waals surface area contributed by atoms with Crippen molar-refractivity contribution in [3.05, 3.63) is 58.0 Å². The molecule has 0 spiro atoms. The van der Waals surface area contributed by atoms with Crippen LogP contribution in [0.2, 0.25) is 0 Å². The first kappa shape index (κ1) is 15.1. The van der Waals surface area contributed by atoms with Crippen molar-refractivity contribution >= 4 is 27.5 Å². The number of carbonyl (C=O) groups is 1. The van der Waals surface area contributed by atoms with Crippen molar-refractivity contribution in [1.82, 2.24) is 19.5 Å². The fourth-order valence-corrected chi connectivity index (χ4v) is 3.26. The summed E-state index contributed by atoms with van der Waals surface area (Å²) in [4.78, 5) is 19.1. The summed E-state index contributed by atoms with van der Waals surface area (Å²) in [6.07, 6.45) is 3.61.